The second-order valence-corrected chi connectivity index (χ2v) is 5.61. The van der Waals surface area contributed by atoms with Gasteiger partial charge in [-0.25, -0.2) is 9.78 Å². The van der Waals surface area contributed by atoms with Crippen LogP contribution in [0.25, 0.3) is 0 Å². The maximum absolute atomic E-state index is 11.9. The Morgan fingerprint density at radius 3 is 2.80 bits per heavy atom. The van der Waals surface area contributed by atoms with Crippen molar-refractivity contribution in [2.45, 2.75) is 46.4 Å². The van der Waals surface area contributed by atoms with Gasteiger partial charge in [0.05, 0.1) is 12.6 Å². The summed E-state index contributed by atoms with van der Waals surface area (Å²) < 4.78 is 2.06. The molecule has 6 nitrogen and oxygen atoms in total. The number of rotatable bonds is 7. The van der Waals surface area contributed by atoms with Crippen LogP contribution in [0.15, 0.2) is 12.4 Å². The molecule has 2 N–H and O–H groups in total. The van der Waals surface area contributed by atoms with Crippen LogP contribution >= 0.6 is 0 Å². The Hall–Kier alpha value is -1.56. The van der Waals surface area contributed by atoms with E-state index in [4.69, 9.17) is 0 Å². The van der Waals surface area contributed by atoms with E-state index in [1.165, 1.54) is 0 Å². The van der Waals surface area contributed by atoms with Gasteiger partial charge in [-0.1, -0.05) is 13.8 Å². The molecule has 0 spiro atoms. The number of amides is 2. The number of urea groups is 1. The third-order valence-corrected chi connectivity index (χ3v) is 2.99. The highest BCUT2D eigenvalue weighted by molar-refractivity contribution is 5.73. The molecule has 1 aromatic rings. The molecule has 20 heavy (non-hydrogen) atoms. The first-order chi connectivity index (χ1) is 9.40. The van der Waals surface area contributed by atoms with Gasteiger partial charge in [0.2, 0.25) is 0 Å². The number of aromatic nitrogens is 2. The first-order valence-electron chi connectivity index (χ1n) is 7.07. The summed E-state index contributed by atoms with van der Waals surface area (Å²) in [7, 11) is 1.72. The molecule has 0 aliphatic carbocycles. The number of carbonyl (C=O) groups is 1. The summed E-state index contributed by atoms with van der Waals surface area (Å²) >= 11 is 0. The number of aliphatic hydroxyl groups is 1. The maximum Gasteiger partial charge on any atom is 0.317 e. The van der Waals surface area contributed by atoms with Gasteiger partial charge in [0, 0.05) is 32.5 Å². The zero-order valence-electron chi connectivity index (χ0n) is 12.8. The van der Waals surface area contributed by atoms with E-state index in [0.29, 0.717) is 25.4 Å². The van der Waals surface area contributed by atoms with Crippen LogP contribution < -0.4 is 5.32 Å². The topological polar surface area (TPSA) is 70.4 Å². The van der Waals surface area contributed by atoms with Crippen LogP contribution in [0.5, 0.6) is 0 Å². The molecule has 114 valence electrons. The zero-order valence-corrected chi connectivity index (χ0v) is 12.8. The Morgan fingerprint density at radius 2 is 2.20 bits per heavy atom. The van der Waals surface area contributed by atoms with Crippen molar-refractivity contribution in [1.29, 1.82) is 0 Å². The first kappa shape index (κ1) is 16.5. The SMILES string of the molecule is CC(C)Cn1ccnc1CNC(=O)N(C)CCC(C)O. The molecule has 1 unspecified atom stereocenters. The molecule has 6 heteroatoms. The summed E-state index contributed by atoms with van der Waals surface area (Å²) in [6, 6.07) is -0.148. The van der Waals surface area contributed by atoms with Crippen molar-refractivity contribution in [1.82, 2.24) is 19.8 Å². The second-order valence-electron chi connectivity index (χ2n) is 5.61. The predicted molar refractivity (Wildman–Crippen MR) is 78.2 cm³/mol. The zero-order chi connectivity index (χ0) is 15.1. The molecule has 1 rings (SSSR count). The van der Waals surface area contributed by atoms with Gasteiger partial charge in [-0.3, -0.25) is 0 Å². The fourth-order valence-corrected chi connectivity index (χ4v) is 1.84. The van der Waals surface area contributed by atoms with Crippen LogP contribution in [0.3, 0.4) is 0 Å². The quantitative estimate of drug-likeness (QED) is 0.795. The number of nitrogens with zero attached hydrogens (tertiary/aromatic N) is 3. The van der Waals surface area contributed by atoms with Gasteiger partial charge < -0.3 is 19.9 Å². The van der Waals surface area contributed by atoms with E-state index >= 15 is 0 Å². The Balaban J connectivity index is 2.42. The second kappa shape index (κ2) is 7.89. The Kier molecular flexibility index (Phi) is 6.51. The number of hydrogen-bond donors (Lipinski definition) is 2. The third kappa shape index (κ3) is 5.61. The monoisotopic (exact) mass is 282 g/mol. The molecule has 1 aromatic heterocycles. The maximum atomic E-state index is 11.9. The molecule has 0 aliphatic rings. The van der Waals surface area contributed by atoms with Crippen LogP contribution in [0.4, 0.5) is 4.79 Å². The molecule has 2 amide bonds. The fourth-order valence-electron chi connectivity index (χ4n) is 1.84. The normalized spacial score (nSPS) is 12.5. The van der Waals surface area contributed by atoms with Crippen LogP contribution in [0.1, 0.15) is 33.0 Å². The molecular weight excluding hydrogens is 256 g/mol. The van der Waals surface area contributed by atoms with Gasteiger partial charge in [0.15, 0.2) is 0 Å². The Labute approximate surface area is 120 Å². The van der Waals surface area contributed by atoms with Gasteiger partial charge in [0.25, 0.3) is 0 Å². The largest absolute Gasteiger partial charge is 0.393 e. The van der Waals surface area contributed by atoms with Crippen molar-refractivity contribution in [3.63, 3.8) is 0 Å². The van der Waals surface area contributed by atoms with Crippen LogP contribution in [-0.4, -0.2) is 45.3 Å². The van der Waals surface area contributed by atoms with Crippen LogP contribution in [0, 0.1) is 5.92 Å². The predicted octanol–water partition coefficient (Wildman–Crippen LogP) is 1.45. The lowest BCUT2D eigenvalue weighted by Crippen LogP contribution is -2.38. The van der Waals surface area contributed by atoms with Gasteiger partial charge in [-0.15, -0.1) is 0 Å². The van der Waals surface area contributed by atoms with Gasteiger partial charge in [-0.2, -0.15) is 0 Å². The van der Waals surface area contributed by atoms with Crippen molar-refractivity contribution < 1.29 is 9.90 Å². The molecule has 1 atom stereocenters. The van der Waals surface area contributed by atoms with Crippen molar-refractivity contribution in [2.24, 2.45) is 5.92 Å². The summed E-state index contributed by atoms with van der Waals surface area (Å²) in [6.07, 6.45) is 3.86. The number of nitrogens with one attached hydrogen (secondary N) is 1. The molecule has 0 aliphatic heterocycles. The highest BCUT2D eigenvalue weighted by Crippen LogP contribution is 2.03. The summed E-state index contributed by atoms with van der Waals surface area (Å²) in [5.74, 6) is 1.39. The molecule has 0 radical (unpaired) electrons. The minimum Gasteiger partial charge on any atom is -0.393 e. The average Bonchev–Trinajstić information content (AvgIpc) is 2.79. The molecule has 0 bridgehead atoms. The van der Waals surface area contributed by atoms with E-state index < -0.39 is 6.10 Å². The number of aliphatic hydroxyl groups excluding tert-OH is 1. The fraction of sp³-hybridized carbons (Fsp3) is 0.714. The summed E-state index contributed by atoms with van der Waals surface area (Å²) in [5, 5.41) is 12.1. The van der Waals surface area contributed by atoms with Crippen LogP contribution in [0.2, 0.25) is 0 Å². The van der Waals surface area contributed by atoms with Crippen molar-refractivity contribution in [3.05, 3.63) is 18.2 Å². The Morgan fingerprint density at radius 1 is 1.50 bits per heavy atom. The van der Waals surface area contributed by atoms with E-state index in [1.807, 2.05) is 6.20 Å². The number of carbonyl (C=O) groups excluding carboxylic acids is 1. The van der Waals surface area contributed by atoms with Crippen molar-refractivity contribution in [2.75, 3.05) is 13.6 Å². The average molecular weight is 282 g/mol. The molecule has 0 aromatic carbocycles. The van der Waals surface area contributed by atoms with E-state index in [0.717, 1.165) is 12.4 Å². The standard InChI is InChI=1S/C14H26N4O2/c1-11(2)10-18-8-6-15-13(18)9-16-14(20)17(4)7-5-12(3)19/h6,8,11-12,19H,5,7,9-10H2,1-4H3,(H,16,20). The van der Waals surface area contributed by atoms with Gasteiger partial charge in [-0.05, 0) is 19.3 Å². The van der Waals surface area contributed by atoms with E-state index in [-0.39, 0.29) is 6.03 Å². The lowest BCUT2D eigenvalue weighted by atomic mass is 10.2. The summed E-state index contributed by atoms with van der Waals surface area (Å²) in [6.45, 7) is 7.84. The van der Waals surface area contributed by atoms with E-state index in [1.54, 1.807) is 25.1 Å². The highest BCUT2D eigenvalue weighted by atomic mass is 16.3. The number of hydrogen-bond acceptors (Lipinski definition) is 3. The minimum absolute atomic E-state index is 0.148. The van der Waals surface area contributed by atoms with Crippen molar-refractivity contribution in [3.8, 4) is 0 Å². The Bertz CT molecular complexity index is 415. The minimum atomic E-state index is -0.393. The summed E-state index contributed by atoms with van der Waals surface area (Å²) in [4.78, 5) is 17.7. The van der Waals surface area contributed by atoms with Crippen molar-refractivity contribution >= 4 is 6.03 Å². The van der Waals surface area contributed by atoms with Gasteiger partial charge >= 0.3 is 6.03 Å². The molecule has 0 saturated heterocycles. The lowest BCUT2D eigenvalue weighted by molar-refractivity contribution is 0.163. The molecule has 0 saturated carbocycles. The van der Waals surface area contributed by atoms with E-state index in [9.17, 15) is 9.90 Å². The number of imidazole rings is 1. The third-order valence-electron chi connectivity index (χ3n) is 2.99. The molecule has 0 fully saturated rings. The van der Waals surface area contributed by atoms with Gasteiger partial charge in [0.1, 0.15) is 5.82 Å². The molecule has 1 heterocycles. The molecular formula is C14H26N4O2. The van der Waals surface area contributed by atoms with Crippen LogP contribution in [-0.2, 0) is 13.1 Å². The van der Waals surface area contributed by atoms with E-state index in [2.05, 4.69) is 28.7 Å². The lowest BCUT2D eigenvalue weighted by Gasteiger charge is -2.19. The smallest absolute Gasteiger partial charge is 0.317 e. The first-order valence-corrected chi connectivity index (χ1v) is 7.07. The summed E-state index contributed by atoms with van der Waals surface area (Å²) in [5.41, 5.74) is 0. The highest BCUT2D eigenvalue weighted by Gasteiger charge is 2.11.